The molecule has 2 aliphatic rings. The van der Waals surface area contributed by atoms with Crippen LogP contribution in [0.25, 0.3) is 0 Å². The van der Waals surface area contributed by atoms with E-state index in [1.165, 1.54) is 0 Å². The summed E-state index contributed by atoms with van der Waals surface area (Å²) in [6, 6.07) is 0. The molecule has 0 aromatic heterocycles. The number of aliphatic hydroxyl groups excluding tert-OH is 1. The molecule has 4 nitrogen and oxygen atoms in total. The second kappa shape index (κ2) is 6.57. The Kier molecular flexibility index (Phi) is 5.20. The Bertz CT molecular complexity index is 377. The molecule has 21 heavy (non-hydrogen) atoms. The lowest BCUT2D eigenvalue weighted by molar-refractivity contribution is -0.142. The highest BCUT2D eigenvalue weighted by molar-refractivity contribution is 5.78. The summed E-state index contributed by atoms with van der Waals surface area (Å²) < 4.78 is 28.2. The maximum absolute atomic E-state index is 14.1. The third kappa shape index (κ3) is 3.92. The Morgan fingerprint density at radius 1 is 1.33 bits per heavy atom. The third-order valence-electron chi connectivity index (χ3n) is 4.79. The van der Waals surface area contributed by atoms with E-state index in [0.717, 1.165) is 6.42 Å². The van der Waals surface area contributed by atoms with Gasteiger partial charge in [0.1, 0.15) is 0 Å². The zero-order valence-corrected chi connectivity index (χ0v) is 12.9. The molecule has 0 saturated carbocycles. The van der Waals surface area contributed by atoms with E-state index in [2.05, 4.69) is 0 Å². The topological polar surface area (TPSA) is 43.8 Å². The number of aliphatic hydroxyl groups is 1. The molecule has 2 rings (SSSR count). The monoisotopic (exact) mass is 304 g/mol. The number of carbonyl (C=O) groups is 1. The minimum atomic E-state index is -2.72. The first-order chi connectivity index (χ1) is 9.83. The van der Waals surface area contributed by atoms with E-state index in [9.17, 15) is 13.6 Å². The number of halogens is 2. The van der Waals surface area contributed by atoms with Gasteiger partial charge in [0, 0.05) is 31.5 Å². The van der Waals surface area contributed by atoms with Gasteiger partial charge in [0.15, 0.2) is 0 Å². The molecule has 2 atom stereocenters. The van der Waals surface area contributed by atoms with Crippen LogP contribution in [-0.4, -0.2) is 66.1 Å². The van der Waals surface area contributed by atoms with Crippen LogP contribution in [0.15, 0.2) is 0 Å². The molecular formula is C15H26F2N2O2. The predicted molar refractivity (Wildman–Crippen MR) is 76.1 cm³/mol. The summed E-state index contributed by atoms with van der Waals surface area (Å²) >= 11 is 0. The van der Waals surface area contributed by atoms with Crippen LogP contribution in [0.2, 0.25) is 0 Å². The highest BCUT2D eigenvalue weighted by Crippen LogP contribution is 2.37. The number of carbonyl (C=O) groups excluding carboxylic acids is 1. The number of nitrogens with zero attached hydrogens (tertiary/aromatic N) is 2. The third-order valence-corrected chi connectivity index (χ3v) is 4.79. The van der Waals surface area contributed by atoms with Crippen LogP contribution in [0.4, 0.5) is 8.78 Å². The first-order valence-electron chi connectivity index (χ1n) is 7.82. The van der Waals surface area contributed by atoms with Crippen molar-refractivity contribution < 1.29 is 18.7 Å². The van der Waals surface area contributed by atoms with Gasteiger partial charge in [0.25, 0.3) is 5.92 Å². The summed E-state index contributed by atoms with van der Waals surface area (Å²) in [5.74, 6) is -3.30. The van der Waals surface area contributed by atoms with Crippen molar-refractivity contribution in [2.24, 2.45) is 17.8 Å². The molecule has 0 aliphatic carbocycles. The zero-order valence-electron chi connectivity index (χ0n) is 12.9. The second-order valence-electron chi connectivity index (χ2n) is 6.79. The van der Waals surface area contributed by atoms with Gasteiger partial charge in [0.2, 0.25) is 5.91 Å². The van der Waals surface area contributed by atoms with Crippen LogP contribution in [0.5, 0.6) is 0 Å². The highest BCUT2D eigenvalue weighted by Gasteiger charge is 2.46. The lowest BCUT2D eigenvalue weighted by Gasteiger charge is -2.40. The summed E-state index contributed by atoms with van der Waals surface area (Å²) in [6.07, 6.45) is 1.24. The molecule has 1 N–H and O–H groups in total. The largest absolute Gasteiger partial charge is 0.396 e. The Morgan fingerprint density at radius 3 is 2.57 bits per heavy atom. The Hall–Kier alpha value is -0.750. The van der Waals surface area contributed by atoms with Gasteiger partial charge in [-0.15, -0.1) is 0 Å². The molecule has 2 fully saturated rings. The molecule has 0 aromatic carbocycles. The molecular weight excluding hydrogens is 278 g/mol. The number of rotatable bonds is 4. The van der Waals surface area contributed by atoms with Crippen LogP contribution >= 0.6 is 0 Å². The first-order valence-corrected chi connectivity index (χ1v) is 7.82. The molecule has 0 bridgehead atoms. The van der Waals surface area contributed by atoms with Gasteiger partial charge >= 0.3 is 0 Å². The fraction of sp³-hybridized carbons (Fsp3) is 0.933. The van der Waals surface area contributed by atoms with Crippen molar-refractivity contribution in [2.45, 2.75) is 32.6 Å². The minimum Gasteiger partial charge on any atom is -0.396 e. The Morgan fingerprint density at radius 2 is 2.05 bits per heavy atom. The second-order valence-corrected chi connectivity index (χ2v) is 6.79. The van der Waals surface area contributed by atoms with Crippen LogP contribution < -0.4 is 0 Å². The van der Waals surface area contributed by atoms with Crippen molar-refractivity contribution in [1.82, 2.24) is 9.80 Å². The Balaban J connectivity index is 1.86. The molecule has 2 saturated heterocycles. The van der Waals surface area contributed by atoms with Gasteiger partial charge in [-0.05, 0) is 25.3 Å². The maximum Gasteiger partial charge on any atom is 0.263 e. The molecule has 0 aromatic rings. The number of amides is 1. The van der Waals surface area contributed by atoms with Gasteiger partial charge < -0.3 is 10.0 Å². The van der Waals surface area contributed by atoms with Crippen LogP contribution in [-0.2, 0) is 4.79 Å². The lowest BCUT2D eigenvalue weighted by atomic mass is 9.83. The zero-order chi connectivity index (χ0) is 15.6. The van der Waals surface area contributed by atoms with Crippen molar-refractivity contribution in [3.05, 3.63) is 0 Å². The quantitative estimate of drug-likeness (QED) is 0.855. The normalized spacial score (nSPS) is 30.1. The van der Waals surface area contributed by atoms with Crippen LogP contribution in [0.3, 0.4) is 0 Å². The van der Waals surface area contributed by atoms with E-state index in [1.54, 1.807) is 9.80 Å². The maximum atomic E-state index is 14.1. The molecule has 0 spiro atoms. The van der Waals surface area contributed by atoms with Crippen LogP contribution in [0, 0.1) is 17.8 Å². The summed E-state index contributed by atoms with van der Waals surface area (Å²) in [6.45, 7) is 5.23. The fourth-order valence-electron chi connectivity index (χ4n) is 3.48. The summed E-state index contributed by atoms with van der Waals surface area (Å²) in [5, 5.41) is 9.09. The number of piperidine rings is 1. The number of hydrogen-bond donors (Lipinski definition) is 1. The van der Waals surface area contributed by atoms with E-state index in [-0.39, 0.29) is 37.4 Å². The van der Waals surface area contributed by atoms with Crippen LogP contribution in [0.1, 0.15) is 26.7 Å². The van der Waals surface area contributed by atoms with Gasteiger partial charge in [-0.2, -0.15) is 0 Å². The minimum absolute atomic E-state index is 0.0400. The van der Waals surface area contributed by atoms with Gasteiger partial charge in [0.05, 0.1) is 13.1 Å². The highest BCUT2D eigenvalue weighted by atomic mass is 19.3. The smallest absolute Gasteiger partial charge is 0.263 e. The average molecular weight is 304 g/mol. The molecule has 2 aliphatic heterocycles. The number of likely N-dealkylation sites (tertiary alicyclic amines) is 2. The number of hydrogen-bond acceptors (Lipinski definition) is 3. The summed E-state index contributed by atoms with van der Waals surface area (Å²) in [4.78, 5) is 15.4. The van der Waals surface area contributed by atoms with Gasteiger partial charge in [-0.25, -0.2) is 8.78 Å². The van der Waals surface area contributed by atoms with Crippen molar-refractivity contribution in [3.63, 3.8) is 0 Å². The molecule has 122 valence electrons. The molecule has 1 amide bonds. The van der Waals surface area contributed by atoms with E-state index in [0.29, 0.717) is 26.1 Å². The number of alkyl halides is 2. The van der Waals surface area contributed by atoms with Crippen molar-refractivity contribution in [2.75, 3.05) is 39.3 Å². The molecule has 2 heterocycles. The SMILES string of the molecule is CC(C)C1CCN(CC(=O)N2CCC(CO)C2)CC1(F)F. The van der Waals surface area contributed by atoms with Crippen molar-refractivity contribution >= 4 is 5.91 Å². The fourth-order valence-corrected chi connectivity index (χ4v) is 3.48. The molecule has 0 radical (unpaired) electrons. The summed E-state index contributed by atoms with van der Waals surface area (Å²) in [5.41, 5.74) is 0. The molecule has 6 heteroatoms. The summed E-state index contributed by atoms with van der Waals surface area (Å²) in [7, 11) is 0. The van der Waals surface area contributed by atoms with Crippen molar-refractivity contribution in [3.8, 4) is 0 Å². The van der Waals surface area contributed by atoms with Gasteiger partial charge in [-0.1, -0.05) is 13.8 Å². The van der Waals surface area contributed by atoms with E-state index in [4.69, 9.17) is 5.11 Å². The van der Waals surface area contributed by atoms with E-state index in [1.807, 2.05) is 13.8 Å². The van der Waals surface area contributed by atoms with Gasteiger partial charge in [-0.3, -0.25) is 9.69 Å². The van der Waals surface area contributed by atoms with E-state index >= 15 is 0 Å². The van der Waals surface area contributed by atoms with E-state index < -0.39 is 11.8 Å². The van der Waals surface area contributed by atoms with Crippen molar-refractivity contribution in [1.29, 1.82) is 0 Å². The first kappa shape index (κ1) is 16.6. The molecule has 2 unspecified atom stereocenters. The standard InChI is InChI=1S/C15H26F2N2O2/c1-11(2)13-4-5-18(10-15(13,16)17)8-14(21)19-6-3-12(7-19)9-20/h11-13,20H,3-10H2,1-2H3. The lowest BCUT2D eigenvalue weighted by Crippen LogP contribution is -2.52. The average Bonchev–Trinajstić information content (AvgIpc) is 2.85. The Labute approximate surface area is 125 Å². The predicted octanol–water partition coefficient (Wildman–Crippen LogP) is 1.44.